The molecule has 0 aromatic heterocycles. The van der Waals surface area contributed by atoms with E-state index in [1.807, 2.05) is 12.2 Å². The van der Waals surface area contributed by atoms with E-state index >= 15 is 0 Å². The minimum Gasteiger partial charge on any atom is -0.425 e. The van der Waals surface area contributed by atoms with E-state index in [1.165, 1.54) is 22.3 Å². The molecule has 2 aromatic rings. The summed E-state index contributed by atoms with van der Waals surface area (Å²) in [6, 6.07) is 16.8. The standard InChI is InChI=1S/2C15H21OSi.Zr/c2*1-15(2,3)17(4,5)16-14-11-10-12-8-6-7-9-13(12)14;/h2*6-10,14H,1-5H3;/q2*-1;+2. The van der Waals surface area contributed by atoms with Crippen molar-refractivity contribution in [1.29, 1.82) is 0 Å². The average Bonchev–Trinajstić information content (AvgIpc) is 3.31. The molecule has 5 heteroatoms. The van der Waals surface area contributed by atoms with Gasteiger partial charge in [-0.25, -0.2) is 24.3 Å². The summed E-state index contributed by atoms with van der Waals surface area (Å²) >= 11 is 0. The zero-order chi connectivity index (χ0) is 25.4. The molecule has 0 N–H and O–H groups in total. The summed E-state index contributed by atoms with van der Waals surface area (Å²) < 4.78 is 12.8. The van der Waals surface area contributed by atoms with Gasteiger partial charge in [0.25, 0.3) is 0 Å². The van der Waals surface area contributed by atoms with Crippen molar-refractivity contribution < 1.29 is 35.1 Å². The van der Waals surface area contributed by atoms with E-state index in [0.29, 0.717) is 0 Å². The van der Waals surface area contributed by atoms with Crippen LogP contribution in [0.4, 0.5) is 0 Å². The van der Waals surface area contributed by atoms with Crippen LogP contribution in [0.5, 0.6) is 0 Å². The monoisotopic (exact) mass is 580 g/mol. The molecule has 2 unspecified atom stereocenters. The van der Waals surface area contributed by atoms with Crippen molar-refractivity contribution in [2.45, 2.75) is 90.0 Å². The predicted octanol–water partition coefficient (Wildman–Crippen LogP) is 9.16. The van der Waals surface area contributed by atoms with Gasteiger partial charge in [0.15, 0.2) is 16.6 Å². The van der Waals surface area contributed by atoms with E-state index in [2.05, 4.69) is 128 Å². The molecule has 2 aromatic carbocycles. The molecule has 0 amide bonds. The van der Waals surface area contributed by atoms with Gasteiger partial charge in [-0.1, -0.05) is 77.9 Å². The Labute approximate surface area is 235 Å². The van der Waals surface area contributed by atoms with E-state index in [0.717, 1.165) is 0 Å². The van der Waals surface area contributed by atoms with Crippen LogP contribution in [0.15, 0.2) is 48.5 Å². The van der Waals surface area contributed by atoms with Crippen molar-refractivity contribution in [3.63, 3.8) is 0 Å². The number of rotatable bonds is 4. The van der Waals surface area contributed by atoms with Crippen LogP contribution < -0.4 is 0 Å². The van der Waals surface area contributed by atoms with Crippen molar-refractivity contribution in [3.8, 4) is 0 Å². The van der Waals surface area contributed by atoms with Crippen molar-refractivity contribution >= 4 is 28.8 Å². The third kappa shape index (κ3) is 7.14. The fourth-order valence-electron chi connectivity index (χ4n) is 3.41. The maximum absolute atomic E-state index is 6.39. The van der Waals surface area contributed by atoms with Crippen LogP contribution in [0.25, 0.3) is 12.2 Å². The van der Waals surface area contributed by atoms with E-state index in [-0.39, 0.29) is 48.5 Å². The number of hydrogen-bond acceptors (Lipinski definition) is 2. The fourth-order valence-corrected chi connectivity index (χ4v) is 5.69. The zero-order valence-corrected chi connectivity index (χ0v) is 27.7. The largest absolute Gasteiger partial charge is 2.00 e. The summed E-state index contributed by atoms with van der Waals surface area (Å²) in [4.78, 5) is 0. The summed E-state index contributed by atoms with van der Waals surface area (Å²) in [7, 11) is -3.44. The first kappa shape index (κ1) is 30.4. The molecule has 2 atom stereocenters. The van der Waals surface area contributed by atoms with Gasteiger partial charge in [0.1, 0.15) is 0 Å². The van der Waals surface area contributed by atoms with Crippen molar-refractivity contribution in [2.24, 2.45) is 0 Å². The number of hydrogen-bond donors (Lipinski definition) is 0. The van der Waals surface area contributed by atoms with Gasteiger partial charge in [-0.15, -0.1) is 23.3 Å². The van der Waals surface area contributed by atoms with E-state index < -0.39 is 16.6 Å². The Hall–Kier alpha value is -0.843. The third-order valence-electron chi connectivity index (χ3n) is 7.77. The SMILES string of the molecule is CC(C)(C)[Si](C)(C)OC1[C-]=Cc2ccccc21.CC(C)(C)[Si](C)(C)OC1[C-]=Cc2ccccc21.[Zr+2]. The van der Waals surface area contributed by atoms with Gasteiger partial charge in [0, 0.05) is 0 Å². The normalized spacial score (nSPS) is 18.9. The molecule has 4 rings (SSSR count). The van der Waals surface area contributed by atoms with E-state index in [4.69, 9.17) is 8.85 Å². The molecule has 2 aliphatic rings. The van der Waals surface area contributed by atoms with E-state index in [9.17, 15) is 0 Å². The van der Waals surface area contributed by atoms with Crippen LogP contribution in [0.2, 0.25) is 36.3 Å². The molecular formula is C30H42O2Si2Zr. The van der Waals surface area contributed by atoms with Crippen molar-refractivity contribution in [3.05, 3.63) is 82.9 Å². The molecule has 0 aliphatic heterocycles. The van der Waals surface area contributed by atoms with E-state index in [1.54, 1.807) is 0 Å². The van der Waals surface area contributed by atoms with Gasteiger partial charge in [-0.3, -0.25) is 0 Å². The van der Waals surface area contributed by atoms with Crippen LogP contribution in [-0.2, 0) is 35.1 Å². The molecular weight excluding hydrogens is 540 g/mol. The summed E-state index contributed by atoms with van der Waals surface area (Å²) in [5.74, 6) is 0. The molecule has 35 heavy (non-hydrogen) atoms. The maximum Gasteiger partial charge on any atom is 2.00 e. The molecule has 0 heterocycles. The summed E-state index contributed by atoms with van der Waals surface area (Å²) in [5, 5.41) is 0.485. The summed E-state index contributed by atoms with van der Waals surface area (Å²) in [6.07, 6.45) is 10.8. The first-order chi connectivity index (χ1) is 15.6. The molecule has 2 nitrogen and oxygen atoms in total. The van der Waals surface area contributed by atoms with Gasteiger partial charge >= 0.3 is 26.2 Å². The Kier molecular flexibility index (Phi) is 9.78. The molecule has 2 aliphatic carbocycles. The average molecular weight is 582 g/mol. The van der Waals surface area contributed by atoms with Gasteiger partial charge in [-0.2, -0.15) is 11.1 Å². The third-order valence-corrected chi connectivity index (χ3v) is 16.6. The molecule has 0 saturated carbocycles. The molecule has 0 spiro atoms. The molecule has 0 radical (unpaired) electrons. The Morgan fingerprint density at radius 3 is 1.23 bits per heavy atom. The zero-order valence-electron chi connectivity index (χ0n) is 23.2. The minimum absolute atomic E-state index is 0. The molecule has 0 saturated heterocycles. The smallest absolute Gasteiger partial charge is 0.425 e. The predicted molar refractivity (Wildman–Crippen MR) is 150 cm³/mol. The van der Waals surface area contributed by atoms with Crippen LogP contribution in [-0.4, -0.2) is 16.6 Å². The van der Waals surface area contributed by atoms with Crippen LogP contribution >= 0.6 is 0 Å². The Balaban J connectivity index is 0.000000240. The molecule has 186 valence electrons. The first-order valence-corrected chi connectivity index (χ1v) is 18.2. The molecule has 0 bridgehead atoms. The second kappa shape index (κ2) is 11.3. The maximum atomic E-state index is 6.39. The number of benzene rings is 2. The summed E-state index contributed by atoms with van der Waals surface area (Å²) in [5.41, 5.74) is 5.02. The second-order valence-electron chi connectivity index (χ2n) is 12.4. The Morgan fingerprint density at radius 1 is 0.600 bits per heavy atom. The van der Waals surface area contributed by atoms with Gasteiger partial charge in [0.05, 0.1) is 0 Å². The van der Waals surface area contributed by atoms with Crippen LogP contribution in [0.1, 0.15) is 76.0 Å². The van der Waals surface area contributed by atoms with Gasteiger partial charge < -0.3 is 8.85 Å². The quantitative estimate of drug-likeness (QED) is 0.265. The first-order valence-electron chi connectivity index (χ1n) is 12.3. The topological polar surface area (TPSA) is 18.5 Å². The Bertz CT molecular complexity index is 973. The van der Waals surface area contributed by atoms with Gasteiger partial charge in [-0.05, 0) is 48.5 Å². The fraction of sp³-hybridized carbons (Fsp3) is 0.467. The van der Waals surface area contributed by atoms with Crippen molar-refractivity contribution in [1.82, 2.24) is 0 Å². The van der Waals surface area contributed by atoms with Crippen molar-refractivity contribution in [2.75, 3.05) is 0 Å². The van der Waals surface area contributed by atoms with Gasteiger partial charge in [0.2, 0.25) is 0 Å². The minimum atomic E-state index is -1.72. The summed E-state index contributed by atoms with van der Waals surface area (Å²) in [6.45, 7) is 22.8. The van der Waals surface area contributed by atoms with Crippen LogP contribution in [0, 0.1) is 12.2 Å². The Morgan fingerprint density at radius 2 is 0.914 bits per heavy atom. The molecule has 0 fully saturated rings. The second-order valence-corrected chi connectivity index (χ2v) is 21.9. The number of fused-ring (bicyclic) bond motifs is 2. The van der Waals surface area contributed by atoms with Crippen LogP contribution in [0.3, 0.4) is 0 Å².